The van der Waals surface area contributed by atoms with Crippen molar-refractivity contribution in [2.45, 2.75) is 32.3 Å². The second-order valence-corrected chi connectivity index (χ2v) is 12.3. The monoisotopic (exact) mass is 395 g/mol. The van der Waals surface area contributed by atoms with Crippen LogP contribution in [-0.4, -0.2) is 30.6 Å². The molecule has 2 aromatic rings. The summed E-state index contributed by atoms with van der Waals surface area (Å²) in [5.41, 5.74) is 0.00868. The largest absolute Gasteiger partial charge is 0.349 e. The predicted octanol–water partition coefficient (Wildman–Crippen LogP) is 4.14. The highest BCUT2D eigenvalue weighted by atomic mass is 31.2. The Hall–Kier alpha value is -1.86. The molecule has 4 atom stereocenters. The second kappa shape index (κ2) is 6.88. The van der Waals surface area contributed by atoms with E-state index in [1.165, 1.54) is 0 Å². The first-order valence-corrected chi connectivity index (χ1v) is 12.0. The third-order valence-corrected chi connectivity index (χ3v) is 11.0. The van der Waals surface area contributed by atoms with Crippen LogP contribution in [-0.2, 0) is 9.36 Å². The van der Waals surface area contributed by atoms with Crippen molar-refractivity contribution in [1.29, 1.82) is 0 Å². The van der Waals surface area contributed by atoms with Gasteiger partial charge in [0.2, 0.25) is 5.91 Å². The maximum Gasteiger partial charge on any atom is 0.226 e. The summed E-state index contributed by atoms with van der Waals surface area (Å²) in [6, 6.07) is 19.7. The lowest BCUT2D eigenvalue weighted by Crippen LogP contribution is -2.61. The first-order valence-electron chi connectivity index (χ1n) is 10.2. The van der Waals surface area contributed by atoms with E-state index in [1.807, 2.05) is 74.8 Å². The summed E-state index contributed by atoms with van der Waals surface area (Å²) in [6.07, 6.45) is 1.94. The van der Waals surface area contributed by atoms with Gasteiger partial charge in [0, 0.05) is 30.4 Å². The quantitative estimate of drug-likeness (QED) is 0.730. The molecule has 2 bridgehead atoms. The summed E-state index contributed by atoms with van der Waals surface area (Å²) < 4.78 is 14.9. The minimum Gasteiger partial charge on any atom is -0.349 e. The molecule has 5 rings (SSSR count). The molecule has 1 amide bonds. The molecule has 4 heteroatoms. The van der Waals surface area contributed by atoms with Crippen molar-refractivity contribution in [3.05, 3.63) is 60.7 Å². The zero-order valence-corrected chi connectivity index (χ0v) is 18.1. The van der Waals surface area contributed by atoms with Gasteiger partial charge < -0.3 is 9.46 Å². The second-order valence-electron chi connectivity index (χ2n) is 9.25. The summed E-state index contributed by atoms with van der Waals surface area (Å²) in [5.74, 6) is 0.774. The van der Waals surface area contributed by atoms with Crippen LogP contribution >= 0.6 is 7.14 Å². The molecule has 0 radical (unpaired) electrons. The molecule has 0 saturated heterocycles. The molecule has 0 aromatic heterocycles. The van der Waals surface area contributed by atoms with E-state index in [0.717, 1.165) is 23.5 Å². The maximum atomic E-state index is 14.9. The molecule has 3 saturated carbocycles. The van der Waals surface area contributed by atoms with E-state index in [0.29, 0.717) is 11.8 Å². The molecule has 0 heterocycles. The van der Waals surface area contributed by atoms with Crippen LogP contribution in [0.2, 0.25) is 0 Å². The summed E-state index contributed by atoms with van der Waals surface area (Å²) in [7, 11) is 0.693. The van der Waals surface area contributed by atoms with Gasteiger partial charge in [0.05, 0.1) is 5.92 Å². The van der Waals surface area contributed by atoms with E-state index in [1.54, 1.807) is 4.90 Å². The van der Waals surface area contributed by atoms with Crippen LogP contribution in [0.4, 0.5) is 0 Å². The number of nitrogens with zero attached hydrogens (tertiary/aromatic N) is 1. The van der Waals surface area contributed by atoms with Gasteiger partial charge in [-0.25, -0.2) is 0 Å². The molecule has 3 aliphatic carbocycles. The molecule has 3 fully saturated rings. The Kier molecular flexibility index (Phi) is 4.78. The zero-order valence-electron chi connectivity index (χ0n) is 17.2. The van der Waals surface area contributed by atoms with Crippen LogP contribution in [0.3, 0.4) is 0 Å². The Morgan fingerprint density at radius 3 is 1.86 bits per heavy atom. The number of fused-ring (bicyclic) bond motifs is 2. The smallest absolute Gasteiger partial charge is 0.226 e. The van der Waals surface area contributed by atoms with E-state index in [9.17, 15) is 9.36 Å². The Bertz CT molecular complexity index is 863. The van der Waals surface area contributed by atoms with Crippen molar-refractivity contribution in [3.8, 4) is 0 Å². The zero-order chi connectivity index (χ0) is 20.1. The van der Waals surface area contributed by atoms with E-state index in [4.69, 9.17) is 0 Å². The van der Waals surface area contributed by atoms with E-state index in [2.05, 4.69) is 13.8 Å². The number of carbonyl (C=O) groups excluding carboxylic acids is 1. The van der Waals surface area contributed by atoms with Crippen molar-refractivity contribution in [2.75, 3.05) is 14.1 Å². The highest BCUT2D eigenvalue weighted by molar-refractivity contribution is 7.79. The molecule has 2 aromatic carbocycles. The summed E-state index contributed by atoms with van der Waals surface area (Å²) in [6.45, 7) is 4.57. The van der Waals surface area contributed by atoms with Crippen molar-refractivity contribution < 1.29 is 9.36 Å². The van der Waals surface area contributed by atoms with Gasteiger partial charge in [-0.1, -0.05) is 74.5 Å². The van der Waals surface area contributed by atoms with Gasteiger partial charge in [0.1, 0.15) is 7.14 Å². The van der Waals surface area contributed by atoms with Crippen LogP contribution < -0.4 is 10.6 Å². The highest BCUT2D eigenvalue weighted by Gasteiger charge is 2.63. The van der Waals surface area contributed by atoms with Gasteiger partial charge in [-0.2, -0.15) is 0 Å². The maximum absolute atomic E-state index is 14.9. The molecular formula is C24H30NO2P. The van der Waals surface area contributed by atoms with Gasteiger partial charge in [0.15, 0.2) is 0 Å². The predicted molar refractivity (Wildman–Crippen MR) is 116 cm³/mol. The van der Waals surface area contributed by atoms with E-state index in [-0.39, 0.29) is 22.9 Å². The Morgan fingerprint density at radius 2 is 1.43 bits per heavy atom. The van der Waals surface area contributed by atoms with Gasteiger partial charge in [-0.3, -0.25) is 4.79 Å². The van der Waals surface area contributed by atoms with Gasteiger partial charge in [-0.05, 0) is 30.1 Å². The average molecular weight is 395 g/mol. The molecule has 28 heavy (non-hydrogen) atoms. The van der Waals surface area contributed by atoms with Crippen LogP contribution in [0.15, 0.2) is 60.7 Å². The Labute approximate surface area is 168 Å². The number of hydrogen-bond donors (Lipinski definition) is 0. The standard InChI is InChI=1S/C24H30NO2P/c1-24(2)17-15-20(24)22(23(26)25(3)4)21(16-17)28(27,18-11-7-5-8-12-18)19-13-9-6-10-14-19/h5-14,17,20-22H,15-16H2,1-4H3/t17-,20+,21+,22+/m1/s1. The number of benzene rings is 2. The van der Waals surface area contributed by atoms with E-state index >= 15 is 0 Å². The number of amides is 1. The molecule has 0 unspecified atom stereocenters. The van der Waals surface area contributed by atoms with Crippen molar-refractivity contribution in [2.24, 2.45) is 23.2 Å². The Morgan fingerprint density at radius 1 is 0.929 bits per heavy atom. The van der Waals surface area contributed by atoms with Gasteiger partial charge in [-0.15, -0.1) is 0 Å². The molecule has 0 aliphatic heterocycles. The molecule has 148 valence electrons. The minimum absolute atomic E-state index is 0.133. The number of hydrogen-bond acceptors (Lipinski definition) is 2. The molecular weight excluding hydrogens is 365 g/mol. The number of carbonyl (C=O) groups is 1. The van der Waals surface area contributed by atoms with Gasteiger partial charge >= 0.3 is 0 Å². The van der Waals surface area contributed by atoms with Crippen molar-refractivity contribution in [1.82, 2.24) is 4.90 Å². The fourth-order valence-electron chi connectivity index (χ4n) is 5.61. The molecule has 0 N–H and O–H groups in total. The van der Waals surface area contributed by atoms with Crippen LogP contribution in [0, 0.1) is 23.2 Å². The lowest BCUT2D eigenvalue weighted by Gasteiger charge is -2.63. The Balaban J connectivity index is 1.89. The number of rotatable bonds is 4. The lowest BCUT2D eigenvalue weighted by molar-refractivity contribution is -0.154. The topological polar surface area (TPSA) is 37.4 Å². The van der Waals surface area contributed by atoms with Crippen LogP contribution in [0.5, 0.6) is 0 Å². The molecule has 3 aliphatic rings. The summed E-state index contributed by atoms with van der Waals surface area (Å²) in [5, 5.41) is 1.75. The fourth-order valence-corrected chi connectivity index (χ4v) is 9.25. The first kappa shape index (κ1) is 19.5. The van der Waals surface area contributed by atoms with Gasteiger partial charge in [0.25, 0.3) is 0 Å². The van der Waals surface area contributed by atoms with Crippen LogP contribution in [0.25, 0.3) is 0 Å². The van der Waals surface area contributed by atoms with Crippen molar-refractivity contribution >= 4 is 23.7 Å². The molecule has 3 nitrogen and oxygen atoms in total. The normalized spacial score (nSPS) is 28.3. The van der Waals surface area contributed by atoms with E-state index < -0.39 is 7.14 Å². The molecule has 0 spiro atoms. The third kappa shape index (κ3) is 2.78. The lowest BCUT2D eigenvalue weighted by atomic mass is 9.45. The first-order chi connectivity index (χ1) is 13.3. The van der Waals surface area contributed by atoms with Crippen molar-refractivity contribution in [3.63, 3.8) is 0 Å². The highest BCUT2D eigenvalue weighted by Crippen LogP contribution is 2.69. The minimum atomic E-state index is -2.96. The average Bonchev–Trinajstić information content (AvgIpc) is 2.73. The summed E-state index contributed by atoms with van der Waals surface area (Å²) in [4.78, 5) is 15.0. The SMILES string of the molecule is CN(C)C(=O)[C@H]1[C@@H]2C[C@H](C[C@@H]1P(=O)(c1ccccc1)c1ccccc1)C2(C)C. The third-order valence-electron chi connectivity index (χ3n) is 7.39. The summed E-state index contributed by atoms with van der Waals surface area (Å²) >= 11 is 0. The van der Waals surface area contributed by atoms with Crippen LogP contribution in [0.1, 0.15) is 26.7 Å². The fraction of sp³-hybridized carbons (Fsp3) is 0.458.